The van der Waals surface area contributed by atoms with Crippen molar-refractivity contribution in [1.82, 2.24) is 0 Å². The molecule has 0 amide bonds. The summed E-state index contributed by atoms with van der Waals surface area (Å²) in [6.45, 7) is 10.3. The number of methoxy groups -OCH3 is 1. The maximum atomic E-state index is 13.7. The minimum atomic E-state index is -0.473. The van der Waals surface area contributed by atoms with Crippen molar-refractivity contribution in [2.24, 2.45) is 11.1 Å². The molecule has 182 valence electrons. The third kappa shape index (κ3) is 4.39. The molecule has 6 nitrogen and oxygen atoms in total. The summed E-state index contributed by atoms with van der Waals surface area (Å²) >= 11 is 0. The van der Waals surface area contributed by atoms with Gasteiger partial charge in [0.1, 0.15) is 11.6 Å². The van der Waals surface area contributed by atoms with Gasteiger partial charge in [-0.15, -0.1) is 0 Å². The van der Waals surface area contributed by atoms with Crippen molar-refractivity contribution in [1.29, 1.82) is 5.26 Å². The summed E-state index contributed by atoms with van der Waals surface area (Å²) in [6.07, 6.45) is 1.13. The van der Waals surface area contributed by atoms with E-state index in [1.165, 1.54) is 0 Å². The summed E-state index contributed by atoms with van der Waals surface area (Å²) in [5.41, 5.74) is 11.3. The molecule has 0 fully saturated rings. The first-order valence-electron chi connectivity index (χ1n) is 12.2. The average molecular weight is 471 g/mol. The van der Waals surface area contributed by atoms with Crippen molar-refractivity contribution in [2.45, 2.75) is 46.5 Å². The van der Waals surface area contributed by atoms with Crippen LogP contribution in [-0.4, -0.2) is 26.0 Å². The maximum Gasteiger partial charge on any atom is 0.162 e. The lowest BCUT2D eigenvalue weighted by molar-refractivity contribution is -0.118. The molecule has 2 aromatic rings. The molecule has 0 spiro atoms. The van der Waals surface area contributed by atoms with Crippen molar-refractivity contribution < 1.29 is 9.53 Å². The number of allylic oxidation sites excluding steroid dienone is 3. The Kier molecular flexibility index (Phi) is 6.62. The van der Waals surface area contributed by atoms with E-state index in [1.54, 1.807) is 7.11 Å². The molecule has 0 bridgehead atoms. The number of ether oxygens (including phenoxy) is 1. The monoisotopic (exact) mass is 470 g/mol. The maximum absolute atomic E-state index is 13.7. The number of hydrogen-bond acceptors (Lipinski definition) is 6. The van der Waals surface area contributed by atoms with Crippen LogP contribution in [0.3, 0.4) is 0 Å². The molecule has 2 N–H and O–H groups in total. The Morgan fingerprint density at radius 3 is 2.26 bits per heavy atom. The van der Waals surface area contributed by atoms with Crippen LogP contribution in [0.2, 0.25) is 0 Å². The normalized spacial score (nSPS) is 19.4. The number of benzene rings is 2. The third-order valence-electron chi connectivity index (χ3n) is 7.07. The van der Waals surface area contributed by atoms with Gasteiger partial charge in [0.2, 0.25) is 0 Å². The summed E-state index contributed by atoms with van der Waals surface area (Å²) in [5.74, 6) is 0.709. The summed E-state index contributed by atoms with van der Waals surface area (Å²) < 4.78 is 5.32. The second kappa shape index (κ2) is 9.50. The topological polar surface area (TPSA) is 82.6 Å². The number of nitriles is 1. The van der Waals surface area contributed by atoms with Crippen LogP contribution in [-0.2, 0) is 4.79 Å². The standard InChI is InChI=1S/C29H34N4O2/c1-6-32(7-2)20-10-8-19(9-11-20)26-23(18-30)28(31)33(21-12-14-22(35-5)15-13-21)24-16-29(3,4)17-25(34)27(24)26/h8-15,26H,6-7,16-17,31H2,1-5H3/t26-/m0/s1. The first kappa shape index (κ1) is 24.4. The van der Waals surface area contributed by atoms with Crippen LogP contribution in [0.5, 0.6) is 5.75 Å². The molecule has 2 aromatic carbocycles. The van der Waals surface area contributed by atoms with E-state index in [2.05, 4.69) is 50.8 Å². The van der Waals surface area contributed by atoms with E-state index in [1.807, 2.05) is 41.3 Å². The van der Waals surface area contributed by atoms with Crippen LogP contribution < -0.4 is 20.3 Å². The number of Topliss-reactive ketones (excluding diaryl/α,β-unsaturated/α-hetero) is 1. The fraction of sp³-hybridized carbons (Fsp3) is 0.379. The van der Waals surface area contributed by atoms with Crippen LogP contribution in [0, 0.1) is 16.7 Å². The van der Waals surface area contributed by atoms with E-state index in [0.717, 1.165) is 41.5 Å². The lowest BCUT2D eigenvalue weighted by Gasteiger charge is -2.43. The molecule has 35 heavy (non-hydrogen) atoms. The Labute approximate surface area is 208 Å². The van der Waals surface area contributed by atoms with Crippen molar-refractivity contribution in [3.63, 3.8) is 0 Å². The van der Waals surface area contributed by atoms with E-state index in [-0.39, 0.29) is 11.2 Å². The zero-order valence-electron chi connectivity index (χ0n) is 21.3. The lowest BCUT2D eigenvalue weighted by Crippen LogP contribution is -2.42. The average Bonchev–Trinajstić information content (AvgIpc) is 2.84. The molecular formula is C29H34N4O2. The van der Waals surface area contributed by atoms with Gasteiger partial charge in [0.25, 0.3) is 0 Å². The SMILES string of the molecule is CCN(CC)c1ccc([C@H]2C(C#N)=C(N)N(c3ccc(OC)cc3)C3=C2C(=O)CC(C)(C)C3)cc1. The van der Waals surface area contributed by atoms with Crippen LogP contribution in [0.25, 0.3) is 0 Å². The van der Waals surface area contributed by atoms with Crippen molar-refractivity contribution >= 4 is 17.2 Å². The third-order valence-corrected chi connectivity index (χ3v) is 7.07. The molecular weight excluding hydrogens is 436 g/mol. The highest BCUT2D eigenvalue weighted by atomic mass is 16.5. The Bertz CT molecular complexity index is 1210. The van der Waals surface area contributed by atoms with Gasteiger partial charge in [0.05, 0.1) is 24.7 Å². The van der Waals surface area contributed by atoms with Crippen molar-refractivity contribution in [3.8, 4) is 11.8 Å². The molecule has 0 radical (unpaired) electrons. The van der Waals surface area contributed by atoms with E-state index in [0.29, 0.717) is 29.8 Å². The fourth-order valence-corrected chi connectivity index (χ4v) is 5.33. The first-order valence-corrected chi connectivity index (χ1v) is 12.2. The number of hydrogen-bond donors (Lipinski definition) is 1. The minimum Gasteiger partial charge on any atom is -0.497 e. The smallest absolute Gasteiger partial charge is 0.162 e. The van der Waals surface area contributed by atoms with E-state index in [9.17, 15) is 10.1 Å². The summed E-state index contributed by atoms with van der Waals surface area (Å²) in [7, 11) is 1.62. The van der Waals surface area contributed by atoms with Crippen LogP contribution >= 0.6 is 0 Å². The summed E-state index contributed by atoms with van der Waals surface area (Å²) in [4.78, 5) is 17.8. The first-order chi connectivity index (χ1) is 16.7. The molecule has 4 rings (SSSR count). The van der Waals surface area contributed by atoms with E-state index in [4.69, 9.17) is 10.5 Å². The number of carbonyl (C=O) groups is 1. The number of ketones is 1. The molecule has 6 heteroatoms. The van der Waals surface area contributed by atoms with Gasteiger partial charge < -0.3 is 15.4 Å². The quantitative estimate of drug-likeness (QED) is 0.602. The molecule has 1 heterocycles. The van der Waals surface area contributed by atoms with Crippen LogP contribution in [0.1, 0.15) is 52.0 Å². The van der Waals surface area contributed by atoms with Gasteiger partial charge in [-0.05, 0) is 67.6 Å². The van der Waals surface area contributed by atoms with Gasteiger partial charge in [0.15, 0.2) is 5.78 Å². The van der Waals surface area contributed by atoms with Gasteiger partial charge >= 0.3 is 0 Å². The predicted molar refractivity (Wildman–Crippen MR) is 140 cm³/mol. The largest absolute Gasteiger partial charge is 0.497 e. The second-order valence-corrected chi connectivity index (χ2v) is 9.94. The van der Waals surface area contributed by atoms with E-state index >= 15 is 0 Å². The molecule has 1 atom stereocenters. The van der Waals surface area contributed by atoms with E-state index < -0.39 is 5.92 Å². The highest BCUT2D eigenvalue weighted by Crippen LogP contribution is 2.50. The number of nitrogens with two attached hydrogens (primary N) is 1. The number of anilines is 2. The number of rotatable bonds is 6. The highest BCUT2D eigenvalue weighted by molar-refractivity contribution is 6.01. The van der Waals surface area contributed by atoms with Crippen molar-refractivity contribution in [2.75, 3.05) is 30.0 Å². The molecule has 0 saturated carbocycles. The van der Waals surface area contributed by atoms with Gasteiger partial charge in [-0.25, -0.2) is 0 Å². The number of nitrogens with zero attached hydrogens (tertiary/aromatic N) is 3. The Balaban J connectivity index is 1.89. The Morgan fingerprint density at radius 1 is 1.09 bits per heavy atom. The zero-order chi connectivity index (χ0) is 25.3. The molecule has 2 aliphatic rings. The predicted octanol–water partition coefficient (Wildman–Crippen LogP) is 5.48. The fourth-order valence-electron chi connectivity index (χ4n) is 5.33. The molecule has 0 unspecified atom stereocenters. The molecule has 0 saturated heterocycles. The zero-order valence-corrected chi connectivity index (χ0v) is 21.3. The molecule has 1 aliphatic heterocycles. The van der Waals surface area contributed by atoms with Gasteiger partial charge in [-0.1, -0.05) is 26.0 Å². The highest BCUT2D eigenvalue weighted by Gasteiger charge is 2.44. The Hall–Kier alpha value is -3.72. The second-order valence-electron chi connectivity index (χ2n) is 9.94. The van der Waals surface area contributed by atoms with Gasteiger partial charge in [-0.3, -0.25) is 9.69 Å². The van der Waals surface area contributed by atoms with Gasteiger partial charge in [0, 0.05) is 42.2 Å². The molecule has 1 aliphatic carbocycles. The van der Waals surface area contributed by atoms with Crippen molar-refractivity contribution in [3.05, 3.63) is 76.8 Å². The Morgan fingerprint density at radius 2 is 1.71 bits per heavy atom. The molecule has 0 aromatic heterocycles. The lowest BCUT2D eigenvalue weighted by atomic mass is 9.68. The summed E-state index contributed by atoms with van der Waals surface area (Å²) in [6, 6.07) is 18.1. The van der Waals surface area contributed by atoms with Crippen LogP contribution in [0.15, 0.2) is 71.2 Å². The summed E-state index contributed by atoms with van der Waals surface area (Å²) in [5, 5.41) is 10.3. The van der Waals surface area contributed by atoms with Crippen LogP contribution in [0.4, 0.5) is 11.4 Å². The minimum absolute atomic E-state index is 0.0767. The van der Waals surface area contributed by atoms with Gasteiger partial charge in [-0.2, -0.15) is 5.26 Å². The number of carbonyl (C=O) groups excluding carboxylic acids is 1.